The van der Waals surface area contributed by atoms with Crippen molar-refractivity contribution in [1.82, 2.24) is 4.90 Å². The van der Waals surface area contributed by atoms with Crippen molar-refractivity contribution in [3.05, 3.63) is 33.8 Å². The molecule has 1 fully saturated rings. The number of fused-ring (bicyclic) bond motifs is 1. The lowest BCUT2D eigenvalue weighted by molar-refractivity contribution is 0.0620. The Balaban J connectivity index is 1.90. The highest BCUT2D eigenvalue weighted by Crippen LogP contribution is 2.42. The number of benzene rings is 1. The fourth-order valence-corrected chi connectivity index (χ4v) is 4.55. The Kier molecular flexibility index (Phi) is 3.97. The van der Waals surface area contributed by atoms with Crippen molar-refractivity contribution in [1.29, 1.82) is 0 Å². The minimum atomic E-state index is 0.559. The van der Waals surface area contributed by atoms with Gasteiger partial charge < -0.3 is 5.73 Å². The maximum atomic E-state index is 6.05. The molecule has 104 valence electrons. The molecule has 1 aliphatic carbocycles. The Morgan fingerprint density at radius 2 is 2.21 bits per heavy atom. The van der Waals surface area contributed by atoms with E-state index in [0.717, 1.165) is 12.5 Å². The van der Waals surface area contributed by atoms with Crippen molar-refractivity contribution in [2.75, 3.05) is 13.1 Å². The average molecular weight is 323 g/mol. The van der Waals surface area contributed by atoms with Gasteiger partial charge in [-0.05, 0) is 55.3 Å². The third-order valence-electron chi connectivity index (χ3n) is 4.98. The minimum absolute atomic E-state index is 0.559. The zero-order valence-electron chi connectivity index (χ0n) is 11.6. The number of nitrogens with zero attached hydrogens (tertiary/aromatic N) is 1. The van der Waals surface area contributed by atoms with E-state index >= 15 is 0 Å². The summed E-state index contributed by atoms with van der Waals surface area (Å²) in [6.45, 7) is 4.37. The highest BCUT2D eigenvalue weighted by Gasteiger charge is 2.36. The van der Waals surface area contributed by atoms with Gasteiger partial charge in [-0.15, -0.1) is 0 Å². The number of halogens is 1. The summed E-state index contributed by atoms with van der Waals surface area (Å²) >= 11 is 3.70. The second kappa shape index (κ2) is 5.55. The van der Waals surface area contributed by atoms with Crippen LogP contribution in [-0.4, -0.2) is 24.0 Å². The van der Waals surface area contributed by atoms with E-state index in [0.29, 0.717) is 12.1 Å². The highest BCUT2D eigenvalue weighted by molar-refractivity contribution is 9.10. The van der Waals surface area contributed by atoms with E-state index in [9.17, 15) is 0 Å². The van der Waals surface area contributed by atoms with E-state index in [-0.39, 0.29) is 0 Å². The maximum absolute atomic E-state index is 6.05. The smallest absolute Gasteiger partial charge is 0.0358 e. The molecule has 0 amide bonds. The van der Waals surface area contributed by atoms with Crippen LogP contribution in [0.4, 0.5) is 0 Å². The number of nitrogens with two attached hydrogens (primary N) is 1. The minimum Gasteiger partial charge on any atom is -0.329 e. The molecular weight excluding hydrogens is 300 g/mol. The third-order valence-corrected chi connectivity index (χ3v) is 5.73. The Morgan fingerprint density at radius 3 is 3.00 bits per heavy atom. The fraction of sp³-hybridized carbons (Fsp3) is 0.625. The standard InChI is InChI=1S/C16H23BrN2/c1-11-4-3-9-19(16(11)10-18)15-8-7-12-13(15)5-2-6-14(12)17/h2,5-6,11,15-16H,3-4,7-10,18H2,1H3. The Hall–Kier alpha value is -0.380. The van der Waals surface area contributed by atoms with Gasteiger partial charge in [0.1, 0.15) is 0 Å². The second-order valence-corrected chi connectivity index (χ2v) is 6.88. The van der Waals surface area contributed by atoms with Crippen LogP contribution in [0.15, 0.2) is 22.7 Å². The van der Waals surface area contributed by atoms with Gasteiger partial charge in [-0.25, -0.2) is 0 Å². The number of hydrogen-bond donors (Lipinski definition) is 1. The molecule has 2 nitrogen and oxygen atoms in total. The molecule has 0 radical (unpaired) electrons. The molecule has 1 heterocycles. The molecular formula is C16H23BrN2. The molecule has 2 aliphatic rings. The van der Waals surface area contributed by atoms with Crippen LogP contribution in [0, 0.1) is 5.92 Å². The molecule has 3 unspecified atom stereocenters. The van der Waals surface area contributed by atoms with Crippen LogP contribution in [0.25, 0.3) is 0 Å². The van der Waals surface area contributed by atoms with Crippen molar-refractivity contribution in [2.24, 2.45) is 11.7 Å². The van der Waals surface area contributed by atoms with Crippen molar-refractivity contribution in [3.63, 3.8) is 0 Å². The molecule has 0 saturated carbocycles. The largest absolute Gasteiger partial charge is 0.329 e. The van der Waals surface area contributed by atoms with Crippen molar-refractivity contribution >= 4 is 15.9 Å². The summed E-state index contributed by atoms with van der Waals surface area (Å²) in [5, 5.41) is 0. The third kappa shape index (κ3) is 2.37. The van der Waals surface area contributed by atoms with E-state index in [1.165, 1.54) is 47.8 Å². The summed E-state index contributed by atoms with van der Waals surface area (Å²) in [5.74, 6) is 0.731. The first-order chi connectivity index (χ1) is 9.22. The van der Waals surface area contributed by atoms with Gasteiger partial charge in [0.05, 0.1) is 0 Å². The van der Waals surface area contributed by atoms with Gasteiger partial charge in [0, 0.05) is 23.1 Å². The number of piperidine rings is 1. The van der Waals surface area contributed by atoms with E-state index < -0.39 is 0 Å². The molecule has 0 aromatic heterocycles. The lowest BCUT2D eigenvalue weighted by atomic mass is 9.88. The lowest BCUT2D eigenvalue weighted by Crippen LogP contribution is -2.49. The second-order valence-electron chi connectivity index (χ2n) is 6.02. The predicted molar refractivity (Wildman–Crippen MR) is 83.2 cm³/mol. The molecule has 2 N–H and O–H groups in total. The first-order valence-electron chi connectivity index (χ1n) is 7.45. The molecule has 1 saturated heterocycles. The van der Waals surface area contributed by atoms with Gasteiger partial charge in [0.2, 0.25) is 0 Å². The van der Waals surface area contributed by atoms with E-state index in [1.54, 1.807) is 0 Å². The quantitative estimate of drug-likeness (QED) is 0.903. The molecule has 1 aliphatic heterocycles. The van der Waals surface area contributed by atoms with Crippen LogP contribution < -0.4 is 5.73 Å². The van der Waals surface area contributed by atoms with Gasteiger partial charge in [0.15, 0.2) is 0 Å². The zero-order chi connectivity index (χ0) is 13.4. The topological polar surface area (TPSA) is 29.3 Å². The van der Waals surface area contributed by atoms with Crippen LogP contribution >= 0.6 is 15.9 Å². The van der Waals surface area contributed by atoms with Gasteiger partial charge in [-0.1, -0.05) is 35.0 Å². The monoisotopic (exact) mass is 322 g/mol. The number of hydrogen-bond acceptors (Lipinski definition) is 2. The van der Waals surface area contributed by atoms with Crippen LogP contribution in [0.1, 0.15) is 43.4 Å². The first-order valence-corrected chi connectivity index (χ1v) is 8.24. The lowest BCUT2D eigenvalue weighted by Gasteiger charge is -2.43. The SMILES string of the molecule is CC1CCCN(C2CCc3c(Br)cccc32)C1CN. The van der Waals surface area contributed by atoms with Crippen LogP contribution in [0.3, 0.4) is 0 Å². The van der Waals surface area contributed by atoms with Gasteiger partial charge >= 0.3 is 0 Å². The number of rotatable bonds is 2. The van der Waals surface area contributed by atoms with Crippen LogP contribution in [0.5, 0.6) is 0 Å². The molecule has 3 atom stereocenters. The van der Waals surface area contributed by atoms with Gasteiger partial charge in [0.25, 0.3) is 0 Å². The van der Waals surface area contributed by atoms with Gasteiger partial charge in [-0.3, -0.25) is 4.90 Å². The summed E-state index contributed by atoms with van der Waals surface area (Å²) in [5.41, 5.74) is 9.10. The van der Waals surface area contributed by atoms with Gasteiger partial charge in [-0.2, -0.15) is 0 Å². The van der Waals surface area contributed by atoms with Crippen molar-refractivity contribution in [3.8, 4) is 0 Å². The van der Waals surface area contributed by atoms with Crippen molar-refractivity contribution < 1.29 is 0 Å². The summed E-state index contributed by atoms with van der Waals surface area (Å²) in [7, 11) is 0. The van der Waals surface area contributed by atoms with Crippen LogP contribution in [0.2, 0.25) is 0 Å². The molecule has 3 rings (SSSR count). The predicted octanol–water partition coefficient (Wildman–Crippen LogP) is 3.50. The van der Waals surface area contributed by atoms with Crippen LogP contribution in [-0.2, 0) is 6.42 Å². The van der Waals surface area contributed by atoms with Crippen molar-refractivity contribution in [2.45, 2.75) is 44.7 Å². The summed E-state index contributed by atoms with van der Waals surface area (Å²) in [6.07, 6.45) is 5.10. The van der Waals surface area contributed by atoms with E-state index in [2.05, 4.69) is 46.0 Å². The van der Waals surface area contributed by atoms with E-state index in [4.69, 9.17) is 5.73 Å². The Morgan fingerprint density at radius 1 is 1.37 bits per heavy atom. The normalized spacial score (nSPS) is 31.4. The first kappa shape index (κ1) is 13.6. The summed E-state index contributed by atoms with van der Waals surface area (Å²) in [4.78, 5) is 2.69. The average Bonchev–Trinajstić information content (AvgIpc) is 2.83. The Labute approximate surface area is 124 Å². The molecule has 3 heteroatoms. The molecule has 19 heavy (non-hydrogen) atoms. The highest BCUT2D eigenvalue weighted by atomic mass is 79.9. The molecule has 1 aromatic carbocycles. The maximum Gasteiger partial charge on any atom is 0.0358 e. The zero-order valence-corrected chi connectivity index (χ0v) is 13.2. The fourth-order valence-electron chi connectivity index (χ4n) is 3.97. The summed E-state index contributed by atoms with van der Waals surface area (Å²) in [6, 6.07) is 7.80. The summed E-state index contributed by atoms with van der Waals surface area (Å²) < 4.78 is 1.28. The molecule has 0 bridgehead atoms. The molecule has 1 aromatic rings. The van der Waals surface area contributed by atoms with E-state index in [1.807, 2.05) is 0 Å². The number of likely N-dealkylation sites (tertiary alicyclic amines) is 1. The Bertz CT molecular complexity index is 460. The molecule has 0 spiro atoms.